The van der Waals surface area contributed by atoms with Crippen molar-refractivity contribution in [3.63, 3.8) is 0 Å². The van der Waals surface area contributed by atoms with Crippen LogP contribution in [0.25, 0.3) is 0 Å². The van der Waals surface area contributed by atoms with Crippen molar-refractivity contribution in [2.24, 2.45) is 0 Å². The Bertz CT molecular complexity index is 579. The first-order chi connectivity index (χ1) is 9.56. The lowest BCUT2D eigenvalue weighted by Crippen LogP contribution is -2.23. The fraction of sp³-hybridized carbons (Fsp3) is 0.214. The largest absolute Gasteiger partial charge is 0.472 e. The third-order valence-electron chi connectivity index (χ3n) is 2.63. The number of rotatable bonds is 4. The monoisotopic (exact) mass is 272 g/mol. The summed E-state index contributed by atoms with van der Waals surface area (Å²) in [6.45, 7) is 0.371. The topological polar surface area (TPSA) is 81.3 Å². The van der Waals surface area contributed by atoms with Crippen LogP contribution >= 0.6 is 0 Å². The molecule has 0 saturated heterocycles. The van der Waals surface area contributed by atoms with Crippen LogP contribution in [0.15, 0.2) is 36.4 Å². The van der Waals surface area contributed by atoms with Crippen molar-refractivity contribution in [1.82, 2.24) is 15.1 Å². The highest BCUT2D eigenvalue weighted by atomic mass is 16.5. The van der Waals surface area contributed by atoms with E-state index in [2.05, 4.69) is 10.2 Å². The Balaban J connectivity index is 1.97. The molecule has 0 atom stereocenters. The summed E-state index contributed by atoms with van der Waals surface area (Å²) in [5.74, 6) is 0.180. The van der Waals surface area contributed by atoms with Gasteiger partial charge in [-0.3, -0.25) is 4.79 Å². The van der Waals surface area contributed by atoms with E-state index in [0.717, 1.165) is 5.56 Å². The van der Waals surface area contributed by atoms with Gasteiger partial charge in [0, 0.05) is 25.8 Å². The smallest absolute Gasteiger partial charge is 0.273 e. The highest BCUT2D eigenvalue weighted by molar-refractivity contribution is 5.91. The maximum atomic E-state index is 11.6. The maximum absolute atomic E-state index is 11.6. The van der Waals surface area contributed by atoms with Crippen LogP contribution in [-0.2, 0) is 6.61 Å². The van der Waals surface area contributed by atoms with Crippen LogP contribution in [0.4, 0.5) is 5.69 Å². The molecule has 2 aromatic rings. The Labute approximate surface area is 117 Å². The van der Waals surface area contributed by atoms with Crippen LogP contribution in [0.1, 0.15) is 16.1 Å². The minimum absolute atomic E-state index is 0.192. The number of amides is 1. The molecule has 0 aliphatic heterocycles. The zero-order chi connectivity index (χ0) is 14.5. The number of carbonyl (C=O) groups is 1. The van der Waals surface area contributed by atoms with E-state index in [1.54, 1.807) is 26.2 Å². The molecule has 0 spiro atoms. The lowest BCUT2D eigenvalue weighted by Gasteiger charge is -2.09. The average molecular weight is 272 g/mol. The summed E-state index contributed by atoms with van der Waals surface area (Å²) in [6, 6.07) is 10.6. The van der Waals surface area contributed by atoms with Gasteiger partial charge in [0.05, 0.1) is 0 Å². The fourth-order valence-corrected chi connectivity index (χ4v) is 1.51. The summed E-state index contributed by atoms with van der Waals surface area (Å²) in [6.07, 6.45) is 0. The Morgan fingerprint density at radius 1 is 1.15 bits per heavy atom. The molecule has 2 rings (SSSR count). The third kappa shape index (κ3) is 3.44. The van der Waals surface area contributed by atoms with Crippen LogP contribution in [0, 0.1) is 0 Å². The summed E-state index contributed by atoms with van der Waals surface area (Å²) in [5.41, 5.74) is 7.58. The van der Waals surface area contributed by atoms with E-state index in [-0.39, 0.29) is 11.6 Å². The van der Waals surface area contributed by atoms with Gasteiger partial charge in [0.1, 0.15) is 6.61 Å². The second-order valence-corrected chi connectivity index (χ2v) is 4.49. The molecule has 6 nitrogen and oxygen atoms in total. The van der Waals surface area contributed by atoms with Crippen molar-refractivity contribution in [3.8, 4) is 5.88 Å². The molecular formula is C14H16N4O2. The van der Waals surface area contributed by atoms with Crippen molar-refractivity contribution in [2.45, 2.75) is 6.61 Å². The molecule has 104 valence electrons. The number of ether oxygens (including phenoxy) is 1. The molecule has 1 aromatic heterocycles. The van der Waals surface area contributed by atoms with Gasteiger partial charge in [0.2, 0.25) is 5.88 Å². The van der Waals surface area contributed by atoms with Gasteiger partial charge in [0.25, 0.3) is 5.91 Å². The molecule has 0 radical (unpaired) electrons. The minimum Gasteiger partial charge on any atom is -0.472 e. The first-order valence-corrected chi connectivity index (χ1v) is 6.09. The van der Waals surface area contributed by atoms with Gasteiger partial charge in [-0.2, -0.15) is 0 Å². The number of hydrogen-bond donors (Lipinski definition) is 1. The predicted octanol–water partition coefficient (Wildman–Crippen LogP) is 1.34. The van der Waals surface area contributed by atoms with Crippen molar-refractivity contribution < 1.29 is 9.53 Å². The van der Waals surface area contributed by atoms with Crippen molar-refractivity contribution in [3.05, 3.63) is 47.7 Å². The summed E-state index contributed by atoms with van der Waals surface area (Å²) in [7, 11) is 3.32. The number of anilines is 1. The van der Waals surface area contributed by atoms with E-state index in [9.17, 15) is 4.79 Å². The number of carbonyl (C=O) groups excluding carboxylic acids is 1. The first-order valence-electron chi connectivity index (χ1n) is 6.09. The molecule has 20 heavy (non-hydrogen) atoms. The predicted molar refractivity (Wildman–Crippen MR) is 75.2 cm³/mol. The van der Waals surface area contributed by atoms with E-state index in [0.29, 0.717) is 18.2 Å². The van der Waals surface area contributed by atoms with Gasteiger partial charge >= 0.3 is 0 Å². The van der Waals surface area contributed by atoms with Crippen LogP contribution < -0.4 is 10.5 Å². The summed E-state index contributed by atoms with van der Waals surface area (Å²) >= 11 is 0. The molecule has 0 fully saturated rings. The Kier molecular flexibility index (Phi) is 4.14. The highest BCUT2D eigenvalue weighted by Gasteiger charge is 2.10. The Morgan fingerprint density at radius 3 is 2.40 bits per heavy atom. The number of hydrogen-bond acceptors (Lipinski definition) is 5. The number of nitrogens with zero attached hydrogens (tertiary/aromatic N) is 3. The lowest BCUT2D eigenvalue weighted by atomic mass is 10.2. The zero-order valence-electron chi connectivity index (χ0n) is 11.4. The maximum Gasteiger partial charge on any atom is 0.273 e. The molecule has 1 aromatic carbocycles. The molecular weight excluding hydrogens is 256 g/mol. The summed E-state index contributed by atoms with van der Waals surface area (Å²) in [4.78, 5) is 13.1. The van der Waals surface area contributed by atoms with Crippen LogP contribution in [0.2, 0.25) is 0 Å². The fourth-order valence-electron chi connectivity index (χ4n) is 1.51. The second-order valence-electron chi connectivity index (χ2n) is 4.49. The van der Waals surface area contributed by atoms with Gasteiger partial charge in [-0.1, -0.05) is 12.1 Å². The third-order valence-corrected chi connectivity index (χ3v) is 2.63. The number of aromatic nitrogens is 2. The molecule has 6 heteroatoms. The van der Waals surface area contributed by atoms with Gasteiger partial charge in [-0.15, -0.1) is 10.2 Å². The highest BCUT2D eigenvalue weighted by Crippen LogP contribution is 2.11. The van der Waals surface area contributed by atoms with Crippen molar-refractivity contribution >= 4 is 11.6 Å². The Morgan fingerprint density at radius 2 is 1.85 bits per heavy atom. The van der Waals surface area contributed by atoms with E-state index in [1.807, 2.05) is 24.3 Å². The van der Waals surface area contributed by atoms with Gasteiger partial charge in [-0.25, -0.2) is 0 Å². The van der Waals surface area contributed by atoms with E-state index < -0.39 is 0 Å². The quantitative estimate of drug-likeness (QED) is 0.849. The van der Waals surface area contributed by atoms with Gasteiger partial charge in [0.15, 0.2) is 5.69 Å². The van der Waals surface area contributed by atoms with E-state index >= 15 is 0 Å². The second kappa shape index (κ2) is 6.01. The van der Waals surface area contributed by atoms with E-state index in [1.165, 1.54) is 4.90 Å². The number of nitrogens with two attached hydrogens (primary N) is 1. The average Bonchev–Trinajstić information content (AvgIpc) is 2.46. The number of nitrogen functional groups attached to an aromatic ring is 1. The molecule has 0 saturated carbocycles. The summed E-state index contributed by atoms with van der Waals surface area (Å²) in [5, 5.41) is 7.71. The van der Waals surface area contributed by atoms with Crippen LogP contribution in [0.3, 0.4) is 0 Å². The van der Waals surface area contributed by atoms with Crippen LogP contribution in [-0.4, -0.2) is 35.1 Å². The van der Waals surface area contributed by atoms with Gasteiger partial charge < -0.3 is 15.4 Å². The standard InChI is InChI=1S/C14H16N4O2/c1-18(2)14(19)12-7-8-13(17-16-12)20-9-10-3-5-11(15)6-4-10/h3-8H,9,15H2,1-2H3. The lowest BCUT2D eigenvalue weighted by molar-refractivity contribution is 0.0820. The first kappa shape index (κ1) is 13.8. The van der Waals surface area contributed by atoms with E-state index in [4.69, 9.17) is 10.5 Å². The van der Waals surface area contributed by atoms with Gasteiger partial charge in [-0.05, 0) is 23.8 Å². The molecule has 1 amide bonds. The number of benzene rings is 1. The van der Waals surface area contributed by atoms with Crippen molar-refractivity contribution in [2.75, 3.05) is 19.8 Å². The summed E-state index contributed by atoms with van der Waals surface area (Å²) < 4.78 is 5.49. The SMILES string of the molecule is CN(C)C(=O)c1ccc(OCc2ccc(N)cc2)nn1. The van der Waals surface area contributed by atoms with Crippen LogP contribution in [0.5, 0.6) is 5.88 Å². The molecule has 0 aliphatic rings. The molecule has 0 aliphatic carbocycles. The molecule has 1 heterocycles. The molecule has 0 unspecified atom stereocenters. The molecule has 0 bridgehead atoms. The normalized spacial score (nSPS) is 10.1. The Hall–Kier alpha value is -2.63. The zero-order valence-corrected chi connectivity index (χ0v) is 11.4. The van der Waals surface area contributed by atoms with Crippen molar-refractivity contribution in [1.29, 1.82) is 0 Å². The molecule has 2 N–H and O–H groups in total. The minimum atomic E-state index is -0.192.